The Morgan fingerprint density at radius 1 is 1.25 bits per heavy atom. The Morgan fingerprint density at radius 3 is 2.86 bits per heavy atom. The molecule has 1 saturated carbocycles. The maximum Gasteiger partial charge on any atom is 0.586 e. The highest BCUT2D eigenvalue weighted by atomic mass is 19.3. The number of amides is 1. The quantitative estimate of drug-likeness (QED) is 0.715. The minimum Gasteiger partial charge on any atom is -0.395 e. The lowest BCUT2D eigenvalue weighted by Crippen LogP contribution is -2.28. The second-order valence-electron chi connectivity index (χ2n) is 7.19. The van der Waals surface area contributed by atoms with Crippen LogP contribution in [0.4, 0.5) is 8.78 Å². The fraction of sp³-hybridized carbons (Fsp3) is 0.300. The summed E-state index contributed by atoms with van der Waals surface area (Å²) in [6.07, 6.45) is -2.92. The maximum atomic E-state index is 13.2. The Kier molecular flexibility index (Phi) is 3.59. The van der Waals surface area contributed by atoms with Crippen LogP contribution < -0.4 is 14.8 Å². The summed E-state index contributed by atoms with van der Waals surface area (Å²) in [5, 5.41) is 2.94. The van der Waals surface area contributed by atoms with Crippen LogP contribution in [-0.2, 0) is 4.79 Å². The van der Waals surface area contributed by atoms with Crippen LogP contribution in [-0.4, -0.2) is 22.2 Å². The zero-order valence-corrected chi connectivity index (χ0v) is 14.9. The summed E-state index contributed by atoms with van der Waals surface area (Å²) in [5.74, 6) is 0.603. The van der Waals surface area contributed by atoms with Crippen molar-refractivity contribution in [2.75, 3.05) is 0 Å². The van der Waals surface area contributed by atoms with Crippen molar-refractivity contribution in [3.63, 3.8) is 0 Å². The van der Waals surface area contributed by atoms with E-state index in [1.807, 2.05) is 24.3 Å². The predicted molar refractivity (Wildman–Crippen MR) is 96.1 cm³/mol. The lowest BCUT2D eigenvalue weighted by Gasteiger charge is -2.14. The molecule has 1 aliphatic carbocycles. The molecular weight excluding hydrogens is 368 g/mol. The van der Waals surface area contributed by atoms with Crippen LogP contribution in [0.2, 0.25) is 0 Å². The summed E-state index contributed by atoms with van der Waals surface area (Å²) < 4.78 is 35.2. The number of benzene rings is 2. The van der Waals surface area contributed by atoms with Crippen LogP contribution in [0.1, 0.15) is 36.7 Å². The number of aromatic amines is 1. The SMILES string of the molecule is CC(NC(=O)[C@H]1C[C@@H]1c1nc2ccccc2[nH]1)c1ccc2c(c1)OC(F)(F)O2. The molecule has 2 aromatic carbocycles. The number of imidazole rings is 1. The number of hydrogen-bond acceptors (Lipinski definition) is 4. The third kappa shape index (κ3) is 2.94. The molecular formula is C20H17F2N3O3. The number of carbonyl (C=O) groups is 1. The van der Waals surface area contributed by atoms with Gasteiger partial charge in [-0.05, 0) is 43.2 Å². The molecule has 0 saturated heterocycles. The van der Waals surface area contributed by atoms with Crippen LogP contribution in [0.3, 0.4) is 0 Å². The van der Waals surface area contributed by atoms with E-state index in [2.05, 4.69) is 24.8 Å². The van der Waals surface area contributed by atoms with E-state index in [-0.39, 0.29) is 35.3 Å². The molecule has 3 atom stereocenters. The second-order valence-corrected chi connectivity index (χ2v) is 7.19. The van der Waals surface area contributed by atoms with Gasteiger partial charge in [-0.25, -0.2) is 4.98 Å². The molecule has 0 radical (unpaired) electrons. The van der Waals surface area contributed by atoms with E-state index < -0.39 is 6.29 Å². The number of H-pyrrole nitrogens is 1. The number of nitrogens with zero attached hydrogens (tertiary/aromatic N) is 1. The summed E-state index contributed by atoms with van der Waals surface area (Å²) >= 11 is 0. The summed E-state index contributed by atoms with van der Waals surface area (Å²) in [6, 6.07) is 11.9. The average Bonchev–Trinajstić information content (AvgIpc) is 3.23. The smallest absolute Gasteiger partial charge is 0.395 e. The van der Waals surface area contributed by atoms with Crippen molar-refractivity contribution >= 4 is 16.9 Å². The van der Waals surface area contributed by atoms with Gasteiger partial charge in [-0.15, -0.1) is 8.78 Å². The monoisotopic (exact) mass is 385 g/mol. The number of para-hydroxylation sites is 2. The molecule has 6 nitrogen and oxygen atoms in total. The third-order valence-corrected chi connectivity index (χ3v) is 5.17. The standard InChI is InChI=1S/C20H17F2N3O3/c1-10(11-6-7-16-17(8-11)28-20(21,22)27-16)23-19(26)13-9-12(13)18-24-14-4-2-3-5-15(14)25-18/h2-8,10,12-13H,9H2,1H3,(H,23,26)(H,24,25)/t10?,12-,13-/m0/s1. The van der Waals surface area contributed by atoms with Crippen LogP contribution in [0.5, 0.6) is 11.5 Å². The summed E-state index contributed by atoms with van der Waals surface area (Å²) in [6.45, 7) is 1.80. The topological polar surface area (TPSA) is 76.2 Å². The Hall–Kier alpha value is -3.16. The first-order chi connectivity index (χ1) is 13.4. The molecule has 2 heterocycles. The van der Waals surface area contributed by atoms with Crippen LogP contribution in [0, 0.1) is 5.92 Å². The Balaban J connectivity index is 1.25. The minimum absolute atomic E-state index is 0.0144. The predicted octanol–water partition coefficient (Wildman–Crippen LogP) is 3.87. The van der Waals surface area contributed by atoms with Crippen molar-refractivity contribution in [2.45, 2.75) is 31.6 Å². The van der Waals surface area contributed by atoms with E-state index in [0.717, 1.165) is 23.3 Å². The highest BCUT2D eigenvalue weighted by Crippen LogP contribution is 2.47. The van der Waals surface area contributed by atoms with Crippen LogP contribution >= 0.6 is 0 Å². The molecule has 28 heavy (non-hydrogen) atoms. The van der Waals surface area contributed by atoms with E-state index in [0.29, 0.717) is 5.56 Å². The number of hydrogen-bond donors (Lipinski definition) is 2. The van der Waals surface area contributed by atoms with Crippen molar-refractivity contribution in [1.82, 2.24) is 15.3 Å². The molecule has 2 aliphatic rings. The van der Waals surface area contributed by atoms with Gasteiger partial charge in [-0.3, -0.25) is 4.79 Å². The fourth-order valence-corrected chi connectivity index (χ4v) is 3.57. The Labute approximate surface area is 158 Å². The molecule has 0 spiro atoms. The van der Waals surface area contributed by atoms with Crippen molar-refractivity contribution in [3.05, 3.63) is 53.9 Å². The molecule has 1 unspecified atom stereocenters. The fourth-order valence-electron chi connectivity index (χ4n) is 3.57. The molecule has 8 heteroatoms. The van der Waals surface area contributed by atoms with Gasteiger partial charge in [0.1, 0.15) is 5.82 Å². The number of nitrogens with one attached hydrogen (secondary N) is 2. The number of rotatable bonds is 4. The van der Waals surface area contributed by atoms with Gasteiger partial charge in [0.2, 0.25) is 5.91 Å². The molecule has 144 valence electrons. The first kappa shape index (κ1) is 17.0. The van der Waals surface area contributed by atoms with Gasteiger partial charge in [-0.1, -0.05) is 18.2 Å². The maximum absolute atomic E-state index is 13.2. The molecule has 0 bridgehead atoms. The van der Waals surface area contributed by atoms with Crippen molar-refractivity contribution in [1.29, 1.82) is 0 Å². The number of fused-ring (bicyclic) bond motifs is 2. The van der Waals surface area contributed by atoms with Crippen molar-refractivity contribution in [2.24, 2.45) is 5.92 Å². The summed E-state index contributed by atoms with van der Waals surface area (Å²) in [5.41, 5.74) is 2.50. The molecule has 2 N–H and O–H groups in total. The lowest BCUT2D eigenvalue weighted by molar-refractivity contribution is -0.286. The van der Waals surface area contributed by atoms with Gasteiger partial charge in [0.15, 0.2) is 11.5 Å². The first-order valence-corrected chi connectivity index (χ1v) is 9.04. The molecule has 1 aliphatic heterocycles. The number of carbonyl (C=O) groups excluding carboxylic acids is 1. The van der Waals surface area contributed by atoms with Gasteiger partial charge >= 0.3 is 6.29 Å². The largest absolute Gasteiger partial charge is 0.586 e. The first-order valence-electron chi connectivity index (χ1n) is 9.04. The van der Waals surface area contributed by atoms with Crippen molar-refractivity contribution < 1.29 is 23.0 Å². The lowest BCUT2D eigenvalue weighted by atomic mass is 10.1. The highest BCUT2D eigenvalue weighted by molar-refractivity contribution is 5.83. The highest BCUT2D eigenvalue weighted by Gasteiger charge is 2.46. The average molecular weight is 385 g/mol. The molecule has 1 fully saturated rings. The van der Waals surface area contributed by atoms with Gasteiger partial charge in [0.25, 0.3) is 0 Å². The zero-order valence-electron chi connectivity index (χ0n) is 14.9. The van der Waals surface area contributed by atoms with Crippen LogP contribution in [0.15, 0.2) is 42.5 Å². The van der Waals surface area contributed by atoms with E-state index in [4.69, 9.17) is 0 Å². The normalized spacial score (nSPS) is 22.8. The zero-order chi connectivity index (χ0) is 19.5. The Morgan fingerprint density at radius 2 is 2.04 bits per heavy atom. The molecule has 5 rings (SSSR count). The minimum atomic E-state index is -3.65. The van der Waals surface area contributed by atoms with E-state index >= 15 is 0 Å². The molecule has 1 amide bonds. The molecule has 3 aromatic rings. The third-order valence-electron chi connectivity index (χ3n) is 5.17. The summed E-state index contributed by atoms with van der Waals surface area (Å²) in [4.78, 5) is 20.4. The number of halogens is 2. The molecule has 1 aromatic heterocycles. The van der Waals surface area contributed by atoms with E-state index in [9.17, 15) is 13.6 Å². The number of ether oxygens (including phenoxy) is 2. The van der Waals surface area contributed by atoms with Crippen LogP contribution in [0.25, 0.3) is 11.0 Å². The van der Waals surface area contributed by atoms with Gasteiger partial charge in [-0.2, -0.15) is 0 Å². The van der Waals surface area contributed by atoms with Gasteiger partial charge in [0.05, 0.1) is 17.1 Å². The second kappa shape index (κ2) is 5.92. The van der Waals surface area contributed by atoms with Gasteiger partial charge < -0.3 is 19.8 Å². The summed E-state index contributed by atoms with van der Waals surface area (Å²) in [7, 11) is 0. The van der Waals surface area contributed by atoms with Crippen molar-refractivity contribution in [3.8, 4) is 11.5 Å². The Bertz CT molecular complexity index is 1050. The number of aromatic nitrogens is 2. The van der Waals surface area contributed by atoms with Gasteiger partial charge in [0, 0.05) is 11.8 Å². The van der Waals surface area contributed by atoms with E-state index in [1.54, 1.807) is 13.0 Å². The number of alkyl halides is 2. The van der Waals surface area contributed by atoms with E-state index in [1.165, 1.54) is 12.1 Å².